The Bertz CT molecular complexity index is 471. The first-order valence-electron chi connectivity index (χ1n) is 6.96. The second kappa shape index (κ2) is 6.65. The van der Waals surface area contributed by atoms with E-state index in [1.165, 1.54) is 0 Å². The number of carbonyl (C=O) groups is 1. The van der Waals surface area contributed by atoms with Crippen LogP contribution in [0.15, 0.2) is 6.20 Å². The fourth-order valence-corrected chi connectivity index (χ4v) is 2.01. The van der Waals surface area contributed by atoms with Crippen molar-refractivity contribution in [2.45, 2.75) is 58.9 Å². The molecule has 4 N–H and O–H groups in total. The van der Waals surface area contributed by atoms with Crippen molar-refractivity contribution in [2.24, 2.45) is 5.84 Å². The maximum Gasteiger partial charge on any atom is 0.272 e. The Morgan fingerprint density at radius 1 is 1.45 bits per heavy atom. The summed E-state index contributed by atoms with van der Waals surface area (Å²) in [5.41, 5.74) is 2.91. The molecule has 0 unspecified atom stereocenters. The minimum Gasteiger partial charge on any atom is -0.346 e. The van der Waals surface area contributed by atoms with Gasteiger partial charge in [0.15, 0.2) is 5.69 Å². The lowest BCUT2D eigenvalue weighted by atomic mass is 9.98. The molecule has 0 atom stereocenters. The van der Waals surface area contributed by atoms with E-state index in [4.69, 9.17) is 5.84 Å². The molecule has 0 fully saturated rings. The molecule has 112 valence electrons. The largest absolute Gasteiger partial charge is 0.346 e. The van der Waals surface area contributed by atoms with E-state index >= 15 is 0 Å². The van der Waals surface area contributed by atoms with Gasteiger partial charge in [-0.25, -0.2) is 9.97 Å². The van der Waals surface area contributed by atoms with E-state index in [0.717, 1.165) is 12.8 Å². The first-order chi connectivity index (χ1) is 9.30. The van der Waals surface area contributed by atoms with Gasteiger partial charge in [-0.2, -0.15) is 0 Å². The van der Waals surface area contributed by atoms with Gasteiger partial charge in [0.05, 0.1) is 11.9 Å². The molecule has 0 saturated heterocycles. The molecule has 0 saturated carbocycles. The Labute approximate surface area is 120 Å². The third-order valence-corrected chi connectivity index (χ3v) is 3.02. The van der Waals surface area contributed by atoms with Crippen LogP contribution in [0.3, 0.4) is 0 Å². The molecule has 6 heteroatoms. The molecule has 0 aromatic carbocycles. The van der Waals surface area contributed by atoms with Crippen LogP contribution in [0.25, 0.3) is 0 Å². The highest BCUT2D eigenvalue weighted by atomic mass is 16.2. The fourth-order valence-electron chi connectivity index (χ4n) is 2.01. The highest BCUT2D eigenvalue weighted by Gasteiger charge is 2.23. The van der Waals surface area contributed by atoms with Crippen LogP contribution in [0.4, 0.5) is 5.69 Å². The lowest BCUT2D eigenvalue weighted by Crippen LogP contribution is -2.44. The monoisotopic (exact) mass is 279 g/mol. The smallest absolute Gasteiger partial charge is 0.272 e. The highest BCUT2D eigenvalue weighted by molar-refractivity contribution is 5.97. The van der Waals surface area contributed by atoms with Gasteiger partial charge in [0.1, 0.15) is 5.82 Å². The van der Waals surface area contributed by atoms with E-state index in [1.807, 2.05) is 27.7 Å². The zero-order valence-electron chi connectivity index (χ0n) is 12.9. The first kappa shape index (κ1) is 16.4. The first-order valence-corrected chi connectivity index (χ1v) is 6.96. The third kappa shape index (κ3) is 4.16. The molecule has 0 spiro atoms. The fraction of sp³-hybridized carbons (Fsp3) is 0.643. The van der Waals surface area contributed by atoms with Gasteiger partial charge in [0, 0.05) is 11.5 Å². The van der Waals surface area contributed by atoms with E-state index in [1.54, 1.807) is 6.20 Å². The summed E-state index contributed by atoms with van der Waals surface area (Å²) in [7, 11) is 0. The number of nitrogens with zero attached hydrogens (tertiary/aromatic N) is 2. The van der Waals surface area contributed by atoms with Crippen molar-refractivity contribution in [3.8, 4) is 0 Å². The van der Waals surface area contributed by atoms with Crippen molar-refractivity contribution >= 4 is 11.6 Å². The molecule has 0 aliphatic carbocycles. The lowest BCUT2D eigenvalue weighted by molar-refractivity contribution is 0.0904. The second-order valence-electron chi connectivity index (χ2n) is 5.88. The van der Waals surface area contributed by atoms with Crippen LogP contribution >= 0.6 is 0 Å². The zero-order valence-corrected chi connectivity index (χ0v) is 12.9. The predicted molar refractivity (Wildman–Crippen MR) is 80.4 cm³/mol. The van der Waals surface area contributed by atoms with Crippen molar-refractivity contribution in [2.75, 3.05) is 5.43 Å². The Morgan fingerprint density at radius 2 is 2.10 bits per heavy atom. The number of nitrogens with two attached hydrogens (primary N) is 1. The van der Waals surface area contributed by atoms with E-state index in [-0.39, 0.29) is 23.1 Å². The topological polar surface area (TPSA) is 92.9 Å². The van der Waals surface area contributed by atoms with Crippen LogP contribution < -0.4 is 16.6 Å². The molecule has 1 rings (SSSR count). The normalized spacial score (nSPS) is 11.6. The van der Waals surface area contributed by atoms with Crippen LogP contribution in [0.2, 0.25) is 0 Å². The number of nitrogen functional groups attached to an aromatic ring is 1. The van der Waals surface area contributed by atoms with E-state index in [2.05, 4.69) is 27.6 Å². The van der Waals surface area contributed by atoms with Crippen LogP contribution in [0.5, 0.6) is 0 Å². The average Bonchev–Trinajstić information content (AvgIpc) is 2.37. The molecule has 0 aliphatic heterocycles. The number of hydrazine groups is 1. The van der Waals surface area contributed by atoms with Gasteiger partial charge in [0.25, 0.3) is 5.91 Å². The molecule has 1 aromatic heterocycles. The van der Waals surface area contributed by atoms with Crippen LogP contribution in [0, 0.1) is 0 Å². The van der Waals surface area contributed by atoms with Gasteiger partial charge in [-0.15, -0.1) is 0 Å². The summed E-state index contributed by atoms with van der Waals surface area (Å²) in [6, 6.07) is 0. The summed E-state index contributed by atoms with van der Waals surface area (Å²) in [5, 5.41) is 2.99. The standard InChI is InChI=1S/C14H25N5O/c1-6-7-14(4,5)18-13(20)11-10(19-15)8-16-12(17-11)9(2)3/h8-9,19H,6-7,15H2,1-5H3,(H,18,20). The van der Waals surface area contributed by atoms with Crippen LogP contribution in [-0.4, -0.2) is 21.4 Å². The van der Waals surface area contributed by atoms with Gasteiger partial charge in [0.2, 0.25) is 0 Å². The molecular formula is C14H25N5O. The number of hydrogen-bond donors (Lipinski definition) is 3. The van der Waals surface area contributed by atoms with Gasteiger partial charge >= 0.3 is 0 Å². The maximum absolute atomic E-state index is 12.4. The minimum absolute atomic E-state index is 0.150. The van der Waals surface area contributed by atoms with Crippen LogP contribution in [-0.2, 0) is 0 Å². The van der Waals surface area contributed by atoms with Crippen molar-refractivity contribution in [1.29, 1.82) is 0 Å². The molecule has 1 heterocycles. The molecular weight excluding hydrogens is 254 g/mol. The zero-order chi connectivity index (χ0) is 15.3. The average molecular weight is 279 g/mol. The molecule has 0 aliphatic rings. The van der Waals surface area contributed by atoms with Gasteiger partial charge < -0.3 is 10.7 Å². The van der Waals surface area contributed by atoms with Crippen molar-refractivity contribution in [1.82, 2.24) is 15.3 Å². The SMILES string of the molecule is CCCC(C)(C)NC(=O)c1nc(C(C)C)ncc1NN. The van der Waals surface area contributed by atoms with Gasteiger partial charge in [-0.05, 0) is 20.3 Å². The van der Waals surface area contributed by atoms with Crippen LogP contribution in [0.1, 0.15) is 69.7 Å². The molecule has 0 bridgehead atoms. The summed E-state index contributed by atoms with van der Waals surface area (Å²) < 4.78 is 0. The summed E-state index contributed by atoms with van der Waals surface area (Å²) in [6.45, 7) is 10.0. The third-order valence-electron chi connectivity index (χ3n) is 3.02. The number of hydrogen-bond acceptors (Lipinski definition) is 5. The Morgan fingerprint density at radius 3 is 2.60 bits per heavy atom. The highest BCUT2D eigenvalue weighted by Crippen LogP contribution is 2.17. The predicted octanol–water partition coefficient (Wildman–Crippen LogP) is 2.19. The molecule has 0 radical (unpaired) electrons. The number of aromatic nitrogens is 2. The quantitative estimate of drug-likeness (QED) is 0.548. The summed E-state index contributed by atoms with van der Waals surface area (Å²) in [4.78, 5) is 20.9. The molecule has 1 aromatic rings. The molecule has 20 heavy (non-hydrogen) atoms. The molecule has 6 nitrogen and oxygen atoms in total. The maximum atomic E-state index is 12.4. The van der Waals surface area contributed by atoms with Crippen molar-refractivity contribution in [3.05, 3.63) is 17.7 Å². The number of rotatable bonds is 6. The number of carbonyl (C=O) groups excluding carboxylic acids is 1. The van der Waals surface area contributed by atoms with Gasteiger partial charge in [-0.3, -0.25) is 10.6 Å². The van der Waals surface area contributed by atoms with Crippen molar-refractivity contribution in [3.63, 3.8) is 0 Å². The van der Waals surface area contributed by atoms with Gasteiger partial charge in [-0.1, -0.05) is 27.2 Å². The van der Waals surface area contributed by atoms with E-state index in [0.29, 0.717) is 11.5 Å². The van der Waals surface area contributed by atoms with E-state index < -0.39 is 0 Å². The Balaban J connectivity index is 3.04. The summed E-state index contributed by atoms with van der Waals surface area (Å²) >= 11 is 0. The summed E-state index contributed by atoms with van der Waals surface area (Å²) in [5.74, 6) is 5.97. The number of anilines is 1. The summed E-state index contributed by atoms with van der Waals surface area (Å²) in [6.07, 6.45) is 3.44. The number of nitrogens with one attached hydrogen (secondary N) is 2. The lowest BCUT2D eigenvalue weighted by Gasteiger charge is -2.26. The van der Waals surface area contributed by atoms with E-state index in [9.17, 15) is 4.79 Å². The van der Waals surface area contributed by atoms with Crippen molar-refractivity contribution < 1.29 is 4.79 Å². The Hall–Kier alpha value is -1.69. The molecule has 1 amide bonds. The number of amides is 1. The minimum atomic E-state index is -0.277. The second-order valence-corrected chi connectivity index (χ2v) is 5.88. The Kier molecular flexibility index (Phi) is 5.44.